The lowest BCUT2D eigenvalue weighted by molar-refractivity contribution is -0.148. The Morgan fingerprint density at radius 3 is 2.61 bits per heavy atom. The number of pyridine rings is 1. The fourth-order valence-corrected chi connectivity index (χ4v) is 1.88. The van der Waals surface area contributed by atoms with Crippen molar-refractivity contribution in [2.75, 3.05) is 0 Å². The first-order chi connectivity index (χ1) is 8.59. The van der Waals surface area contributed by atoms with Gasteiger partial charge in [-0.15, -0.1) is 0 Å². The number of hydrogen-bond donors (Lipinski definition) is 1. The van der Waals surface area contributed by atoms with Crippen LogP contribution in [0.5, 0.6) is 0 Å². The molecular formula is C12H12N2O4. The molecule has 1 aliphatic heterocycles. The van der Waals surface area contributed by atoms with Crippen molar-refractivity contribution >= 4 is 17.8 Å². The fraction of sp³-hybridized carbons (Fsp3) is 0.333. The Morgan fingerprint density at radius 2 is 2.00 bits per heavy atom. The molecule has 1 fully saturated rings. The minimum Gasteiger partial charge on any atom is -0.478 e. The Bertz CT molecular complexity index is 497. The van der Waals surface area contributed by atoms with Gasteiger partial charge in [0.25, 0.3) is 0 Å². The second-order valence-corrected chi connectivity index (χ2v) is 4.03. The van der Waals surface area contributed by atoms with Gasteiger partial charge in [-0.3, -0.25) is 19.5 Å². The Hall–Kier alpha value is -2.24. The second-order valence-electron chi connectivity index (χ2n) is 4.03. The molecule has 6 heteroatoms. The maximum Gasteiger partial charge on any atom is 0.337 e. The van der Waals surface area contributed by atoms with Crippen molar-refractivity contribution in [3.05, 3.63) is 29.6 Å². The predicted molar refractivity (Wildman–Crippen MR) is 60.6 cm³/mol. The van der Waals surface area contributed by atoms with E-state index in [1.165, 1.54) is 18.3 Å². The molecular weight excluding hydrogens is 236 g/mol. The number of piperidine rings is 1. The number of nitrogens with zero attached hydrogens (tertiary/aromatic N) is 2. The van der Waals surface area contributed by atoms with Crippen molar-refractivity contribution in [3.8, 4) is 0 Å². The average molecular weight is 248 g/mol. The third-order valence-corrected chi connectivity index (χ3v) is 2.81. The number of hydrogen-bond acceptors (Lipinski definition) is 4. The Morgan fingerprint density at radius 1 is 1.33 bits per heavy atom. The molecule has 2 amide bonds. The SMILES string of the molecule is O=C(O)c1cccnc1CN1C(=O)CCCC1=O. The fourth-order valence-electron chi connectivity index (χ4n) is 1.88. The van der Waals surface area contributed by atoms with Gasteiger partial charge in [0.15, 0.2) is 0 Å². The number of imide groups is 1. The summed E-state index contributed by atoms with van der Waals surface area (Å²) in [6.07, 6.45) is 2.64. The summed E-state index contributed by atoms with van der Waals surface area (Å²) in [5, 5.41) is 9.00. The van der Waals surface area contributed by atoms with Gasteiger partial charge >= 0.3 is 5.97 Å². The van der Waals surface area contributed by atoms with Gasteiger partial charge in [0.05, 0.1) is 17.8 Å². The number of rotatable bonds is 3. The molecule has 0 aliphatic carbocycles. The van der Waals surface area contributed by atoms with E-state index in [-0.39, 0.29) is 29.6 Å². The van der Waals surface area contributed by atoms with Gasteiger partial charge in [0, 0.05) is 19.0 Å². The zero-order chi connectivity index (χ0) is 13.1. The van der Waals surface area contributed by atoms with Crippen LogP contribution in [0.1, 0.15) is 35.3 Å². The van der Waals surface area contributed by atoms with Crippen molar-refractivity contribution in [1.82, 2.24) is 9.88 Å². The lowest BCUT2D eigenvalue weighted by atomic mass is 10.1. The summed E-state index contributed by atoms with van der Waals surface area (Å²) in [4.78, 5) is 39.3. The molecule has 0 atom stereocenters. The minimum absolute atomic E-state index is 0.0173. The maximum atomic E-state index is 11.6. The van der Waals surface area contributed by atoms with E-state index in [0.717, 1.165) is 4.90 Å². The number of aromatic nitrogens is 1. The number of amides is 2. The second kappa shape index (κ2) is 4.95. The summed E-state index contributed by atoms with van der Waals surface area (Å²) < 4.78 is 0. The lowest BCUT2D eigenvalue weighted by Crippen LogP contribution is -2.40. The number of carbonyl (C=O) groups is 3. The molecule has 6 nitrogen and oxygen atoms in total. The van der Waals surface area contributed by atoms with Gasteiger partial charge in [-0.1, -0.05) is 0 Å². The third-order valence-electron chi connectivity index (χ3n) is 2.81. The number of carbonyl (C=O) groups excluding carboxylic acids is 2. The predicted octanol–water partition coefficient (Wildman–Crippen LogP) is 0.819. The summed E-state index contributed by atoms with van der Waals surface area (Å²) in [6.45, 7) is -0.0693. The molecule has 0 bridgehead atoms. The van der Waals surface area contributed by atoms with E-state index >= 15 is 0 Å². The lowest BCUT2D eigenvalue weighted by Gasteiger charge is -2.24. The van der Waals surface area contributed by atoms with E-state index in [4.69, 9.17) is 5.11 Å². The first-order valence-corrected chi connectivity index (χ1v) is 5.60. The summed E-state index contributed by atoms with van der Waals surface area (Å²) >= 11 is 0. The van der Waals surface area contributed by atoms with Crippen LogP contribution >= 0.6 is 0 Å². The first kappa shape index (κ1) is 12.2. The van der Waals surface area contributed by atoms with Gasteiger partial charge in [-0.25, -0.2) is 4.79 Å². The van der Waals surface area contributed by atoms with Crippen molar-refractivity contribution in [2.24, 2.45) is 0 Å². The zero-order valence-electron chi connectivity index (χ0n) is 9.63. The number of aromatic carboxylic acids is 1. The highest BCUT2D eigenvalue weighted by Gasteiger charge is 2.27. The molecule has 0 saturated carbocycles. The van der Waals surface area contributed by atoms with Crippen molar-refractivity contribution in [2.45, 2.75) is 25.8 Å². The molecule has 1 aromatic heterocycles. The number of likely N-dealkylation sites (tertiary alicyclic amines) is 1. The van der Waals surface area contributed by atoms with E-state index in [9.17, 15) is 14.4 Å². The minimum atomic E-state index is -1.12. The van der Waals surface area contributed by atoms with Crippen LogP contribution in [-0.4, -0.2) is 32.8 Å². The van der Waals surface area contributed by atoms with E-state index in [1.807, 2.05) is 0 Å². The third kappa shape index (κ3) is 2.37. The summed E-state index contributed by atoms with van der Waals surface area (Å²) in [7, 11) is 0. The molecule has 2 rings (SSSR count). The largest absolute Gasteiger partial charge is 0.478 e. The van der Waals surface area contributed by atoms with E-state index < -0.39 is 5.97 Å². The topological polar surface area (TPSA) is 87.6 Å². The van der Waals surface area contributed by atoms with Crippen molar-refractivity contribution in [3.63, 3.8) is 0 Å². The molecule has 0 unspecified atom stereocenters. The van der Waals surface area contributed by atoms with Gasteiger partial charge in [-0.2, -0.15) is 0 Å². The van der Waals surface area contributed by atoms with Gasteiger partial charge in [0.2, 0.25) is 11.8 Å². The van der Waals surface area contributed by atoms with Crippen LogP contribution in [0, 0.1) is 0 Å². The van der Waals surface area contributed by atoms with Crippen LogP contribution in [0.2, 0.25) is 0 Å². The molecule has 1 saturated heterocycles. The Labute approximate surface area is 103 Å². The summed E-state index contributed by atoms with van der Waals surface area (Å²) in [6, 6.07) is 2.91. The normalized spacial score (nSPS) is 15.9. The standard InChI is InChI=1S/C12H12N2O4/c15-10-4-1-5-11(16)14(10)7-9-8(12(17)18)3-2-6-13-9/h2-3,6H,1,4-5,7H2,(H,17,18). The van der Waals surface area contributed by atoms with E-state index in [0.29, 0.717) is 19.3 Å². The van der Waals surface area contributed by atoms with E-state index in [1.54, 1.807) is 0 Å². The van der Waals surface area contributed by atoms with Gasteiger partial charge in [0.1, 0.15) is 0 Å². The molecule has 1 aliphatic rings. The van der Waals surface area contributed by atoms with Crippen molar-refractivity contribution in [1.29, 1.82) is 0 Å². The average Bonchev–Trinajstić information content (AvgIpc) is 2.34. The quantitative estimate of drug-likeness (QED) is 0.800. The van der Waals surface area contributed by atoms with Gasteiger partial charge in [-0.05, 0) is 18.6 Å². The van der Waals surface area contributed by atoms with Gasteiger partial charge < -0.3 is 5.11 Å². The zero-order valence-corrected chi connectivity index (χ0v) is 9.63. The molecule has 0 radical (unpaired) electrons. The van der Waals surface area contributed by atoms with E-state index in [2.05, 4.69) is 4.98 Å². The van der Waals surface area contributed by atoms with Crippen LogP contribution in [-0.2, 0) is 16.1 Å². The molecule has 94 valence electrons. The van der Waals surface area contributed by atoms with Crippen LogP contribution in [0.15, 0.2) is 18.3 Å². The molecule has 18 heavy (non-hydrogen) atoms. The van der Waals surface area contributed by atoms with Crippen molar-refractivity contribution < 1.29 is 19.5 Å². The highest BCUT2D eigenvalue weighted by Crippen LogP contribution is 2.16. The van der Waals surface area contributed by atoms with Crippen LogP contribution in [0.3, 0.4) is 0 Å². The molecule has 1 aromatic rings. The Kier molecular flexibility index (Phi) is 3.36. The molecule has 2 heterocycles. The maximum absolute atomic E-state index is 11.6. The number of carboxylic acid groups (broad SMARTS) is 1. The first-order valence-electron chi connectivity index (χ1n) is 5.60. The molecule has 0 aromatic carbocycles. The van der Waals surface area contributed by atoms with Crippen LogP contribution in [0.4, 0.5) is 0 Å². The van der Waals surface area contributed by atoms with Crippen LogP contribution < -0.4 is 0 Å². The summed E-state index contributed by atoms with van der Waals surface area (Å²) in [5.41, 5.74) is 0.247. The monoisotopic (exact) mass is 248 g/mol. The highest BCUT2D eigenvalue weighted by molar-refractivity contribution is 5.97. The summed E-state index contributed by atoms with van der Waals surface area (Å²) in [5.74, 6) is -1.66. The van der Waals surface area contributed by atoms with Crippen LogP contribution in [0.25, 0.3) is 0 Å². The smallest absolute Gasteiger partial charge is 0.337 e. The molecule has 1 N–H and O–H groups in total. The number of carboxylic acids is 1. The Balaban J connectivity index is 2.25. The molecule has 0 spiro atoms. The highest BCUT2D eigenvalue weighted by atomic mass is 16.4.